The number of carbonyl (C=O) groups excluding carboxylic acids is 3. The Kier molecular flexibility index (Phi) is 11.5. The molecule has 0 unspecified atom stereocenters. The highest BCUT2D eigenvalue weighted by atomic mass is 16.4. The van der Waals surface area contributed by atoms with Crippen molar-refractivity contribution in [3.8, 4) is 0 Å². The summed E-state index contributed by atoms with van der Waals surface area (Å²) in [6, 6.07) is 5.36. The van der Waals surface area contributed by atoms with Crippen LogP contribution in [0.25, 0.3) is 0 Å². The van der Waals surface area contributed by atoms with Crippen molar-refractivity contribution in [1.82, 2.24) is 20.4 Å². The van der Waals surface area contributed by atoms with Gasteiger partial charge in [-0.2, -0.15) is 0 Å². The van der Waals surface area contributed by atoms with E-state index in [9.17, 15) is 24.3 Å². The highest BCUT2D eigenvalue weighted by Crippen LogP contribution is 2.30. The number of rotatable bonds is 11. The van der Waals surface area contributed by atoms with Gasteiger partial charge in [-0.3, -0.25) is 14.4 Å². The normalized spacial score (nSPS) is 18.4. The van der Waals surface area contributed by atoms with Crippen molar-refractivity contribution in [2.24, 2.45) is 11.3 Å². The zero-order chi connectivity index (χ0) is 32.2. The minimum absolute atomic E-state index is 0.0443. The fourth-order valence-corrected chi connectivity index (χ4v) is 5.83. The summed E-state index contributed by atoms with van der Waals surface area (Å²) in [5.74, 6) is -1.92. The molecule has 4 atom stereocenters. The van der Waals surface area contributed by atoms with Crippen LogP contribution in [0.3, 0.4) is 0 Å². The first-order chi connectivity index (χ1) is 19.3. The predicted octanol–water partition coefficient (Wildman–Crippen LogP) is 3.90. The highest BCUT2D eigenvalue weighted by Gasteiger charge is 2.42. The van der Waals surface area contributed by atoms with Crippen LogP contribution in [0.15, 0.2) is 35.9 Å². The molecular weight excluding hydrogens is 532 g/mol. The number of carboxylic acids is 1. The van der Waals surface area contributed by atoms with Gasteiger partial charge in [0.2, 0.25) is 17.7 Å². The lowest BCUT2D eigenvalue weighted by Gasteiger charge is -2.40. The lowest BCUT2D eigenvalue weighted by Crippen LogP contribution is -2.61. The second-order valence-corrected chi connectivity index (χ2v) is 13.6. The summed E-state index contributed by atoms with van der Waals surface area (Å²) in [7, 11) is 3.44. The number of hydrogen-bond acceptors (Lipinski definition) is 5. The number of nitrogens with zero attached hydrogens (tertiary/aromatic N) is 2. The Hall–Kier alpha value is -3.20. The molecule has 234 valence electrons. The second-order valence-electron chi connectivity index (χ2n) is 13.6. The van der Waals surface area contributed by atoms with E-state index in [1.807, 2.05) is 73.6 Å². The average Bonchev–Trinajstić information content (AvgIpc) is 3.39. The minimum atomic E-state index is -1.00. The Labute approximate surface area is 252 Å². The zero-order valence-electron chi connectivity index (χ0n) is 27.4. The van der Waals surface area contributed by atoms with Crippen molar-refractivity contribution in [2.75, 3.05) is 20.6 Å². The van der Waals surface area contributed by atoms with Crippen molar-refractivity contribution in [3.05, 3.63) is 47.0 Å². The van der Waals surface area contributed by atoms with E-state index in [4.69, 9.17) is 0 Å². The molecule has 1 fully saturated rings. The van der Waals surface area contributed by atoms with Crippen LogP contribution in [0.5, 0.6) is 0 Å². The van der Waals surface area contributed by atoms with Crippen LogP contribution in [0.4, 0.5) is 0 Å². The van der Waals surface area contributed by atoms with Gasteiger partial charge in [-0.05, 0) is 50.6 Å². The number of aliphatic carboxylic acids is 1. The third kappa shape index (κ3) is 8.00. The Morgan fingerprint density at radius 1 is 1.10 bits per heavy atom. The highest BCUT2D eigenvalue weighted by molar-refractivity contribution is 5.96. The summed E-state index contributed by atoms with van der Waals surface area (Å²) in [5, 5.41) is 15.8. The molecule has 1 aliphatic rings. The quantitative estimate of drug-likeness (QED) is 0.340. The largest absolute Gasteiger partial charge is 0.480 e. The molecule has 3 N–H and O–H groups in total. The van der Waals surface area contributed by atoms with E-state index in [2.05, 4.69) is 16.7 Å². The molecule has 0 radical (unpaired) electrons. The van der Waals surface area contributed by atoms with E-state index >= 15 is 0 Å². The number of amides is 3. The first-order valence-electron chi connectivity index (χ1n) is 14.9. The number of carboxylic acid groups (broad SMARTS) is 1. The minimum Gasteiger partial charge on any atom is -0.480 e. The molecule has 0 aromatic heterocycles. The molecule has 0 spiro atoms. The Morgan fingerprint density at radius 2 is 1.71 bits per heavy atom. The summed E-state index contributed by atoms with van der Waals surface area (Å²) < 4.78 is 0. The van der Waals surface area contributed by atoms with Gasteiger partial charge in [0.1, 0.15) is 12.1 Å². The molecule has 9 heteroatoms. The van der Waals surface area contributed by atoms with E-state index in [-0.39, 0.29) is 23.6 Å². The van der Waals surface area contributed by atoms with E-state index in [1.54, 1.807) is 32.0 Å². The van der Waals surface area contributed by atoms with E-state index in [0.29, 0.717) is 25.0 Å². The third-order valence-corrected chi connectivity index (χ3v) is 8.47. The molecule has 1 aliphatic heterocycles. The fourth-order valence-electron chi connectivity index (χ4n) is 5.83. The SMILES string of the molecule is CN[C@H](C(=O)N[C@H](C(=O)N(C)[C@H](C=C(C)C(=O)N1CCC[C@H]1C(=O)O)C(C)C)C(C)(C)C)C(C)(C)c1cccc(C)c1. The van der Waals surface area contributed by atoms with Crippen molar-refractivity contribution in [3.63, 3.8) is 0 Å². The molecule has 2 rings (SSSR count). The number of benzene rings is 1. The van der Waals surface area contributed by atoms with E-state index in [0.717, 1.165) is 11.1 Å². The van der Waals surface area contributed by atoms with Crippen LogP contribution in [-0.2, 0) is 24.6 Å². The standard InChI is InChI=1S/C33H52N4O5/c1-20(2)25(19-22(4)29(39)37-17-13-16-24(37)31(41)42)36(11)30(40)27(32(5,6)7)35-28(38)26(34-10)33(8,9)23-15-12-14-21(3)18-23/h12,14-15,18-20,24-27,34H,13,16-17H2,1-11H3,(H,35,38)(H,41,42)/t24-,25+,26+,27+/m0/s1. The Balaban J connectivity index is 2.35. The fraction of sp³-hybridized carbons (Fsp3) is 0.636. The predicted molar refractivity (Wildman–Crippen MR) is 166 cm³/mol. The molecule has 0 aliphatic carbocycles. The summed E-state index contributed by atoms with van der Waals surface area (Å²) >= 11 is 0. The van der Waals surface area contributed by atoms with E-state index < -0.39 is 41.0 Å². The van der Waals surface area contributed by atoms with Crippen LogP contribution in [0.2, 0.25) is 0 Å². The topological polar surface area (TPSA) is 119 Å². The van der Waals surface area contributed by atoms with Gasteiger partial charge in [0, 0.05) is 24.6 Å². The van der Waals surface area contributed by atoms with Gasteiger partial charge in [0.15, 0.2) is 0 Å². The number of nitrogens with one attached hydrogen (secondary N) is 2. The van der Waals surface area contributed by atoms with Crippen LogP contribution in [0.1, 0.15) is 79.4 Å². The monoisotopic (exact) mass is 584 g/mol. The Morgan fingerprint density at radius 3 is 2.21 bits per heavy atom. The molecule has 9 nitrogen and oxygen atoms in total. The molecule has 3 amide bonds. The maximum atomic E-state index is 14.1. The summed E-state index contributed by atoms with van der Waals surface area (Å²) in [5.41, 5.74) is 1.35. The lowest BCUT2D eigenvalue weighted by atomic mass is 9.76. The van der Waals surface area contributed by atoms with Gasteiger partial charge in [-0.1, -0.05) is 84.4 Å². The molecular formula is C33H52N4O5. The molecule has 42 heavy (non-hydrogen) atoms. The number of hydrogen-bond donors (Lipinski definition) is 3. The lowest BCUT2D eigenvalue weighted by molar-refractivity contribution is -0.146. The summed E-state index contributed by atoms with van der Waals surface area (Å²) in [6.45, 7) is 17.8. The first-order valence-corrected chi connectivity index (χ1v) is 14.9. The van der Waals surface area contributed by atoms with Crippen molar-refractivity contribution in [1.29, 1.82) is 0 Å². The van der Waals surface area contributed by atoms with Crippen molar-refractivity contribution >= 4 is 23.7 Å². The van der Waals surface area contributed by atoms with Crippen LogP contribution >= 0.6 is 0 Å². The summed E-state index contributed by atoms with van der Waals surface area (Å²) in [6.07, 6.45) is 2.83. The first kappa shape index (κ1) is 35.0. The van der Waals surface area contributed by atoms with Gasteiger partial charge in [-0.15, -0.1) is 0 Å². The van der Waals surface area contributed by atoms with Crippen LogP contribution < -0.4 is 10.6 Å². The smallest absolute Gasteiger partial charge is 0.326 e. The van der Waals surface area contributed by atoms with Gasteiger partial charge < -0.3 is 25.5 Å². The van der Waals surface area contributed by atoms with Crippen LogP contribution in [0, 0.1) is 18.3 Å². The Bertz CT molecular complexity index is 1180. The zero-order valence-corrected chi connectivity index (χ0v) is 27.4. The number of likely N-dealkylation sites (N-methyl/N-ethyl adjacent to an activating group) is 2. The third-order valence-electron chi connectivity index (χ3n) is 8.47. The number of aryl methyl sites for hydroxylation is 1. The van der Waals surface area contributed by atoms with Gasteiger partial charge in [-0.25, -0.2) is 4.79 Å². The molecule has 0 bridgehead atoms. The maximum Gasteiger partial charge on any atom is 0.326 e. The van der Waals surface area contributed by atoms with Gasteiger partial charge in [0.25, 0.3) is 0 Å². The maximum absolute atomic E-state index is 14.1. The van der Waals surface area contributed by atoms with Crippen LogP contribution in [-0.4, -0.2) is 83.4 Å². The molecule has 1 saturated heterocycles. The van der Waals surface area contributed by atoms with Gasteiger partial charge in [0.05, 0.1) is 12.1 Å². The molecule has 1 aromatic carbocycles. The van der Waals surface area contributed by atoms with Gasteiger partial charge >= 0.3 is 5.97 Å². The molecule has 0 saturated carbocycles. The second kappa shape index (κ2) is 13.8. The number of carbonyl (C=O) groups is 4. The summed E-state index contributed by atoms with van der Waals surface area (Å²) in [4.78, 5) is 55.8. The average molecular weight is 585 g/mol. The molecule has 1 aromatic rings. The van der Waals surface area contributed by atoms with Crippen molar-refractivity contribution in [2.45, 2.75) is 105 Å². The number of likely N-dealkylation sites (tertiary alicyclic amines) is 1. The molecule has 1 heterocycles. The van der Waals surface area contributed by atoms with E-state index in [1.165, 1.54) is 4.90 Å². The van der Waals surface area contributed by atoms with Crippen molar-refractivity contribution < 1.29 is 24.3 Å².